The fourth-order valence-corrected chi connectivity index (χ4v) is 9.30. The molecule has 11 nitrogen and oxygen atoms in total. The molecule has 0 unspecified atom stereocenters. The first-order valence-electron chi connectivity index (χ1n) is 20.4. The van der Waals surface area contributed by atoms with E-state index in [2.05, 4.69) is 49.7 Å². The van der Waals surface area contributed by atoms with E-state index in [4.69, 9.17) is 26.1 Å². The fourth-order valence-electron chi connectivity index (χ4n) is 7.86. The lowest BCUT2D eigenvalue weighted by Crippen LogP contribution is -2.07. The Kier molecular flexibility index (Phi) is 13.2. The summed E-state index contributed by atoms with van der Waals surface area (Å²) in [7, 11) is -9.19. The maximum atomic E-state index is 12.5. The Morgan fingerprint density at radius 3 is 2.06 bits per heavy atom. The Morgan fingerprint density at radius 2 is 1.44 bits per heavy atom. The zero-order valence-corrected chi connectivity index (χ0v) is 38.1. The van der Waals surface area contributed by atoms with E-state index in [0.29, 0.717) is 40.4 Å². The molecule has 0 spiro atoms. The lowest BCUT2D eigenvalue weighted by atomic mass is 9.86. The van der Waals surface area contributed by atoms with Gasteiger partial charge in [-0.2, -0.15) is 16.8 Å². The summed E-state index contributed by atoms with van der Waals surface area (Å²) in [6, 6.07) is 28.8. The monoisotopic (exact) mass is 905 g/mol. The largest absolute Gasteiger partial charge is 0.494 e. The SMILES string of the molecule is CCOc1ccc(Nc2ccc(C(=C3C=CC(=Nc4ccc(OCC)c(S(=O)(=O)O)c4)C=C3)c3c(-c4ccc(Cl)cc4)n(CC(C)C)c4cc(C)cc(C)c34)cc2)c(S(=O)(=O)O)c1. The average molecular weight is 907 g/mol. The van der Waals surface area contributed by atoms with Crippen LogP contribution in [0.25, 0.3) is 27.7 Å². The van der Waals surface area contributed by atoms with Crippen LogP contribution in [0, 0.1) is 19.8 Å². The van der Waals surface area contributed by atoms with Gasteiger partial charge in [-0.15, -0.1) is 0 Å². The van der Waals surface area contributed by atoms with Crippen LogP contribution in [0.15, 0.2) is 142 Å². The number of halogens is 1. The predicted octanol–water partition coefficient (Wildman–Crippen LogP) is 12.0. The van der Waals surface area contributed by atoms with E-state index in [-0.39, 0.29) is 27.8 Å². The maximum Gasteiger partial charge on any atom is 0.298 e. The molecule has 0 atom stereocenters. The third-order valence-electron chi connectivity index (χ3n) is 10.3. The molecule has 1 heterocycles. The van der Waals surface area contributed by atoms with Crippen LogP contribution in [0.4, 0.5) is 17.1 Å². The van der Waals surface area contributed by atoms with Crippen molar-refractivity contribution in [3.63, 3.8) is 0 Å². The van der Waals surface area contributed by atoms with E-state index in [0.717, 1.165) is 62.1 Å². The van der Waals surface area contributed by atoms with Crippen LogP contribution < -0.4 is 14.8 Å². The van der Waals surface area contributed by atoms with Crippen LogP contribution in [0.2, 0.25) is 5.02 Å². The second kappa shape index (κ2) is 18.4. The van der Waals surface area contributed by atoms with Crippen LogP contribution in [0.1, 0.15) is 49.9 Å². The number of ether oxygens (including phenoxy) is 2. The van der Waals surface area contributed by atoms with Crippen LogP contribution >= 0.6 is 11.6 Å². The van der Waals surface area contributed by atoms with Crippen LogP contribution in [0.3, 0.4) is 0 Å². The second-order valence-corrected chi connectivity index (χ2v) is 18.8. The van der Waals surface area contributed by atoms with Crippen LogP contribution in [0.5, 0.6) is 11.5 Å². The molecule has 0 saturated carbocycles. The highest BCUT2D eigenvalue weighted by Crippen LogP contribution is 2.45. The predicted molar refractivity (Wildman–Crippen MR) is 253 cm³/mol. The highest BCUT2D eigenvalue weighted by atomic mass is 35.5. The quantitative estimate of drug-likeness (QED) is 0.0905. The highest BCUT2D eigenvalue weighted by Gasteiger charge is 2.27. The zero-order valence-electron chi connectivity index (χ0n) is 35.7. The molecule has 0 bridgehead atoms. The number of aromatic nitrogens is 1. The molecular weight excluding hydrogens is 858 g/mol. The van der Waals surface area contributed by atoms with Crippen molar-refractivity contribution in [1.29, 1.82) is 0 Å². The maximum absolute atomic E-state index is 12.5. The fraction of sp³-hybridized carbons (Fsp3) is 0.204. The first kappa shape index (κ1) is 45.1. The van der Waals surface area contributed by atoms with Gasteiger partial charge in [0, 0.05) is 39.8 Å². The summed E-state index contributed by atoms with van der Waals surface area (Å²) < 4.78 is 82.8. The van der Waals surface area contributed by atoms with Gasteiger partial charge in [-0.05, 0) is 140 Å². The number of hydrogen-bond donors (Lipinski definition) is 3. The molecule has 1 aliphatic rings. The van der Waals surface area contributed by atoms with Gasteiger partial charge < -0.3 is 19.4 Å². The molecule has 326 valence electrons. The summed E-state index contributed by atoms with van der Waals surface area (Å²) in [5.74, 6) is 0.644. The first-order chi connectivity index (χ1) is 29.9. The number of nitrogens with one attached hydrogen (secondary N) is 1. The van der Waals surface area contributed by atoms with Gasteiger partial charge in [-0.1, -0.05) is 67.9 Å². The topological polar surface area (TPSA) is 157 Å². The molecule has 1 aromatic heterocycles. The van der Waals surface area contributed by atoms with E-state index in [1.807, 2.05) is 72.8 Å². The van der Waals surface area contributed by atoms with Gasteiger partial charge >= 0.3 is 0 Å². The standard InChI is InChI=1S/C49H48ClN3O8S2/c1-7-60-40-22-23-41(44(28-40)62(54,55)56)52-38-19-13-34(14-20-38)47(33-11-17-37(18-12-33)51-39-21-24-43(61-8-2)45(27-39)63(57,58)59)48-46-32(6)25-31(5)26-42(46)53(29-30(3)4)49(48)35-9-15-36(50)16-10-35/h9-28,30,52H,7-8,29H2,1-6H3,(H,54,55,56)(H,57,58,59). The van der Waals surface area contributed by atoms with Gasteiger partial charge in [0.05, 0.1) is 36.0 Å². The molecule has 0 aliphatic heterocycles. The van der Waals surface area contributed by atoms with Crippen molar-refractivity contribution in [2.45, 2.75) is 57.9 Å². The van der Waals surface area contributed by atoms with Crippen molar-refractivity contribution in [2.75, 3.05) is 18.5 Å². The minimum absolute atomic E-state index is 0.0340. The summed E-state index contributed by atoms with van der Waals surface area (Å²) >= 11 is 6.47. The Hall–Kier alpha value is -5.96. The first-order valence-corrected chi connectivity index (χ1v) is 23.7. The van der Waals surface area contributed by atoms with Gasteiger partial charge in [-0.25, -0.2) is 4.99 Å². The summed E-state index contributed by atoms with van der Waals surface area (Å²) in [6.07, 6.45) is 7.64. The van der Waals surface area contributed by atoms with E-state index in [1.54, 1.807) is 32.0 Å². The van der Waals surface area contributed by atoms with Crippen molar-refractivity contribution in [2.24, 2.45) is 10.9 Å². The zero-order chi connectivity index (χ0) is 45.2. The van der Waals surface area contributed by atoms with E-state index >= 15 is 0 Å². The van der Waals surface area contributed by atoms with E-state index in [1.165, 1.54) is 18.2 Å². The third kappa shape index (κ3) is 9.98. The van der Waals surface area contributed by atoms with Crippen molar-refractivity contribution in [3.05, 3.63) is 154 Å². The molecule has 6 aromatic rings. The van der Waals surface area contributed by atoms with Crippen molar-refractivity contribution in [3.8, 4) is 22.8 Å². The van der Waals surface area contributed by atoms with E-state index in [9.17, 15) is 25.9 Å². The molecule has 0 saturated heterocycles. The number of anilines is 2. The van der Waals surface area contributed by atoms with Gasteiger partial charge in [0.15, 0.2) is 0 Å². The number of rotatable bonds is 14. The molecule has 7 rings (SSSR count). The summed E-state index contributed by atoms with van der Waals surface area (Å²) in [5, 5.41) is 4.86. The third-order valence-corrected chi connectivity index (χ3v) is 12.4. The van der Waals surface area contributed by atoms with Gasteiger partial charge in [0.1, 0.15) is 21.3 Å². The highest BCUT2D eigenvalue weighted by molar-refractivity contribution is 7.86. The van der Waals surface area contributed by atoms with Gasteiger partial charge in [0.25, 0.3) is 20.2 Å². The van der Waals surface area contributed by atoms with Crippen LogP contribution in [-0.4, -0.2) is 49.4 Å². The molecule has 0 amide bonds. The van der Waals surface area contributed by atoms with Gasteiger partial charge in [-0.3, -0.25) is 9.11 Å². The Balaban J connectivity index is 1.44. The molecule has 5 aromatic carbocycles. The lowest BCUT2D eigenvalue weighted by molar-refractivity contribution is 0.329. The summed E-state index contributed by atoms with van der Waals surface area (Å²) in [6.45, 7) is 13.4. The van der Waals surface area contributed by atoms with Crippen molar-refractivity contribution in [1.82, 2.24) is 4.57 Å². The molecule has 14 heteroatoms. The molecule has 0 radical (unpaired) electrons. The minimum Gasteiger partial charge on any atom is -0.494 e. The Labute approximate surface area is 373 Å². The Bertz CT molecular complexity index is 3060. The van der Waals surface area contributed by atoms with Crippen molar-refractivity contribution >= 4 is 71.1 Å². The normalized spacial score (nSPS) is 12.9. The summed E-state index contributed by atoms with van der Waals surface area (Å²) in [5.41, 5.74) is 10.5. The smallest absolute Gasteiger partial charge is 0.298 e. The van der Waals surface area contributed by atoms with Crippen LogP contribution in [-0.2, 0) is 26.8 Å². The number of hydrogen-bond acceptors (Lipinski definition) is 8. The van der Waals surface area contributed by atoms with Crippen molar-refractivity contribution < 1.29 is 35.4 Å². The molecule has 3 N–H and O–H groups in total. The van der Waals surface area contributed by atoms with E-state index < -0.39 is 20.2 Å². The number of allylic oxidation sites excluding steroid dienone is 5. The number of aryl methyl sites for hydroxylation is 2. The molecule has 1 aliphatic carbocycles. The minimum atomic E-state index is -4.60. The number of benzene rings is 5. The number of aliphatic imine (C=N–C) groups is 1. The molecule has 0 fully saturated rings. The molecular formula is C49H48ClN3O8S2. The number of fused-ring (bicyclic) bond motifs is 1. The summed E-state index contributed by atoms with van der Waals surface area (Å²) in [4.78, 5) is 4.02. The lowest BCUT2D eigenvalue weighted by Gasteiger charge is -2.19. The number of nitrogens with zero attached hydrogens (tertiary/aromatic N) is 2. The second-order valence-electron chi connectivity index (χ2n) is 15.6. The Morgan fingerprint density at radius 1 is 0.778 bits per heavy atom. The average Bonchev–Trinajstić information content (AvgIpc) is 3.52. The molecule has 63 heavy (non-hydrogen) atoms. The van der Waals surface area contributed by atoms with Gasteiger partial charge in [0.2, 0.25) is 0 Å².